The van der Waals surface area contributed by atoms with E-state index in [1.165, 1.54) is 0 Å². The van der Waals surface area contributed by atoms with Crippen LogP contribution in [0.4, 0.5) is 5.69 Å². The molecule has 5 nitrogen and oxygen atoms in total. The van der Waals surface area contributed by atoms with E-state index >= 15 is 0 Å². The zero-order valence-corrected chi connectivity index (χ0v) is 16.0. The van der Waals surface area contributed by atoms with Crippen LogP contribution in [0.5, 0.6) is 5.75 Å². The second kappa shape index (κ2) is 13.5. The Morgan fingerprint density at radius 1 is 1.35 bits per heavy atom. The van der Waals surface area contributed by atoms with Crippen molar-refractivity contribution in [3.8, 4) is 5.75 Å². The fourth-order valence-corrected chi connectivity index (χ4v) is 2.08. The SMILES string of the molecule is CCN[C@H](C)CNC(=O)CCNc1cc(Cl)ccc1OC.Cl.Cl. The molecular weight excluding hydrogens is 361 g/mol. The molecule has 1 aromatic rings. The summed E-state index contributed by atoms with van der Waals surface area (Å²) in [6, 6.07) is 5.62. The van der Waals surface area contributed by atoms with Crippen LogP contribution in [0.15, 0.2) is 18.2 Å². The van der Waals surface area contributed by atoms with Crippen LogP contribution in [0.1, 0.15) is 20.3 Å². The van der Waals surface area contributed by atoms with Gasteiger partial charge in [0.1, 0.15) is 5.75 Å². The third-order valence-corrected chi connectivity index (χ3v) is 3.22. The maximum Gasteiger partial charge on any atom is 0.221 e. The van der Waals surface area contributed by atoms with E-state index in [2.05, 4.69) is 16.0 Å². The second-order valence-electron chi connectivity index (χ2n) is 4.78. The molecular formula is C15H26Cl3N3O2. The van der Waals surface area contributed by atoms with Gasteiger partial charge in [0.15, 0.2) is 0 Å². The summed E-state index contributed by atoms with van der Waals surface area (Å²) in [5.41, 5.74) is 0.791. The Labute approximate surface area is 155 Å². The lowest BCUT2D eigenvalue weighted by Crippen LogP contribution is -2.39. The number of carbonyl (C=O) groups excluding carboxylic acids is 1. The minimum Gasteiger partial charge on any atom is -0.495 e. The number of ether oxygens (including phenoxy) is 1. The van der Waals surface area contributed by atoms with Gasteiger partial charge < -0.3 is 20.7 Å². The van der Waals surface area contributed by atoms with E-state index in [4.69, 9.17) is 16.3 Å². The number of anilines is 1. The number of nitrogens with one attached hydrogen (secondary N) is 3. The topological polar surface area (TPSA) is 62.4 Å². The quantitative estimate of drug-likeness (QED) is 0.610. The molecule has 0 spiro atoms. The lowest BCUT2D eigenvalue weighted by atomic mass is 10.2. The van der Waals surface area contributed by atoms with Gasteiger partial charge in [0, 0.05) is 30.6 Å². The van der Waals surface area contributed by atoms with E-state index in [0.717, 1.165) is 12.2 Å². The third-order valence-electron chi connectivity index (χ3n) is 2.99. The maximum atomic E-state index is 11.7. The van der Waals surface area contributed by atoms with Crippen molar-refractivity contribution in [3.05, 3.63) is 23.2 Å². The summed E-state index contributed by atoms with van der Waals surface area (Å²) in [6.45, 7) is 6.14. The van der Waals surface area contributed by atoms with Crippen LogP contribution in [-0.2, 0) is 4.79 Å². The Kier molecular flexibility index (Phi) is 14.4. The van der Waals surface area contributed by atoms with Gasteiger partial charge in [-0.25, -0.2) is 0 Å². The number of amides is 1. The van der Waals surface area contributed by atoms with Gasteiger partial charge in [-0.1, -0.05) is 18.5 Å². The van der Waals surface area contributed by atoms with Crippen LogP contribution in [0.2, 0.25) is 5.02 Å². The van der Waals surface area contributed by atoms with E-state index < -0.39 is 0 Å². The number of carbonyl (C=O) groups is 1. The Bertz CT molecular complexity index is 462. The standard InChI is InChI=1S/C15H24ClN3O2.2ClH/c1-4-17-11(2)10-19-15(20)7-8-18-13-9-12(16)5-6-14(13)21-3;;/h5-6,9,11,17-18H,4,7-8,10H2,1-3H3,(H,19,20);2*1H/t11-;;/m1../s1. The van der Waals surface area contributed by atoms with Gasteiger partial charge >= 0.3 is 0 Å². The first-order valence-electron chi connectivity index (χ1n) is 7.14. The molecule has 8 heteroatoms. The molecule has 0 aliphatic heterocycles. The molecule has 1 atom stereocenters. The van der Waals surface area contributed by atoms with E-state index in [1.807, 2.05) is 13.8 Å². The lowest BCUT2D eigenvalue weighted by molar-refractivity contribution is -0.120. The van der Waals surface area contributed by atoms with Crippen molar-refractivity contribution in [2.45, 2.75) is 26.3 Å². The van der Waals surface area contributed by atoms with Gasteiger partial charge in [-0.2, -0.15) is 0 Å². The van der Waals surface area contributed by atoms with Crippen molar-refractivity contribution in [3.63, 3.8) is 0 Å². The predicted octanol–water partition coefficient (Wildman–Crippen LogP) is 3.11. The molecule has 134 valence electrons. The van der Waals surface area contributed by atoms with Crippen LogP contribution in [-0.4, -0.2) is 38.7 Å². The van der Waals surface area contributed by atoms with Crippen LogP contribution < -0.4 is 20.7 Å². The molecule has 1 amide bonds. The monoisotopic (exact) mass is 385 g/mol. The predicted molar refractivity (Wildman–Crippen MR) is 102 cm³/mol. The molecule has 0 aliphatic carbocycles. The molecule has 0 unspecified atom stereocenters. The Morgan fingerprint density at radius 2 is 2.04 bits per heavy atom. The maximum absolute atomic E-state index is 11.7. The molecule has 0 saturated heterocycles. The van der Waals surface area contributed by atoms with Crippen LogP contribution >= 0.6 is 36.4 Å². The van der Waals surface area contributed by atoms with E-state index in [-0.39, 0.29) is 36.8 Å². The van der Waals surface area contributed by atoms with Gasteiger partial charge in [-0.05, 0) is 31.7 Å². The molecule has 1 aromatic carbocycles. The largest absolute Gasteiger partial charge is 0.495 e. The highest BCUT2D eigenvalue weighted by atomic mass is 35.5. The smallest absolute Gasteiger partial charge is 0.221 e. The summed E-state index contributed by atoms with van der Waals surface area (Å²) in [7, 11) is 1.60. The van der Waals surface area contributed by atoms with Crippen molar-refractivity contribution in [2.75, 3.05) is 32.1 Å². The normalized spacial score (nSPS) is 10.8. The summed E-state index contributed by atoms with van der Waals surface area (Å²) in [6.07, 6.45) is 0.397. The molecule has 0 fully saturated rings. The number of likely N-dealkylation sites (N-methyl/N-ethyl adjacent to an activating group) is 1. The van der Waals surface area contributed by atoms with Crippen LogP contribution in [0.3, 0.4) is 0 Å². The highest BCUT2D eigenvalue weighted by Gasteiger charge is 2.06. The summed E-state index contributed by atoms with van der Waals surface area (Å²) in [4.78, 5) is 11.7. The highest BCUT2D eigenvalue weighted by molar-refractivity contribution is 6.30. The van der Waals surface area contributed by atoms with Crippen molar-refractivity contribution in [1.29, 1.82) is 0 Å². The number of methoxy groups -OCH3 is 1. The Hall–Kier alpha value is -0.880. The van der Waals surface area contributed by atoms with Gasteiger partial charge in [-0.3, -0.25) is 4.79 Å². The molecule has 3 N–H and O–H groups in total. The zero-order valence-electron chi connectivity index (χ0n) is 13.6. The second-order valence-corrected chi connectivity index (χ2v) is 5.22. The average Bonchev–Trinajstić information content (AvgIpc) is 2.46. The fraction of sp³-hybridized carbons (Fsp3) is 0.533. The molecule has 0 radical (unpaired) electrons. The lowest BCUT2D eigenvalue weighted by Gasteiger charge is -2.14. The average molecular weight is 387 g/mol. The number of hydrogen-bond acceptors (Lipinski definition) is 4. The van der Waals surface area contributed by atoms with Gasteiger partial charge in [0.25, 0.3) is 0 Å². The minimum atomic E-state index is 0. The van der Waals surface area contributed by atoms with Gasteiger partial charge in [-0.15, -0.1) is 24.8 Å². The number of halogens is 3. The molecule has 0 saturated carbocycles. The van der Waals surface area contributed by atoms with Crippen molar-refractivity contribution in [1.82, 2.24) is 10.6 Å². The third kappa shape index (κ3) is 9.76. The minimum absolute atomic E-state index is 0. The molecule has 0 bridgehead atoms. The molecule has 1 rings (SSSR count). The van der Waals surface area contributed by atoms with E-state index in [9.17, 15) is 4.79 Å². The van der Waals surface area contributed by atoms with Crippen molar-refractivity contribution >= 4 is 48.0 Å². The van der Waals surface area contributed by atoms with Crippen molar-refractivity contribution < 1.29 is 9.53 Å². The molecule has 0 aliphatic rings. The summed E-state index contributed by atoms with van der Waals surface area (Å²) in [5, 5.41) is 9.93. The Morgan fingerprint density at radius 3 is 2.65 bits per heavy atom. The summed E-state index contributed by atoms with van der Waals surface area (Å²) >= 11 is 5.95. The Balaban J connectivity index is 0. The first-order valence-corrected chi connectivity index (χ1v) is 7.52. The number of rotatable bonds is 9. The van der Waals surface area contributed by atoms with Crippen LogP contribution in [0.25, 0.3) is 0 Å². The first-order chi connectivity index (χ1) is 10.1. The molecule has 0 aromatic heterocycles. The van der Waals surface area contributed by atoms with Gasteiger partial charge in [0.05, 0.1) is 12.8 Å². The first kappa shape index (κ1) is 24.4. The molecule has 23 heavy (non-hydrogen) atoms. The van der Waals surface area contributed by atoms with Crippen LogP contribution in [0, 0.1) is 0 Å². The summed E-state index contributed by atoms with van der Waals surface area (Å²) < 4.78 is 5.23. The number of benzene rings is 1. The fourth-order valence-electron chi connectivity index (χ4n) is 1.90. The molecule has 0 heterocycles. The highest BCUT2D eigenvalue weighted by Crippen LogP contribution is 2.27. The van der Waals surface area contributed by atoms with E-state index in [0.29, 0.717) is 30.3 Å². The number of hydrogen-bond donors (Lipinski definition) is 3. The van der Waals surface area contributed by atoms with E-state index in [1.54, 1.807) is 25.3 Å². The zero-order chi connectivity index (χ0) is 15.7. The summed E-state index contributed by atoms with van der Waals surface area (Å²) in [5.74, 6) is 0.730. The van der Waals surface area contributed by atoms with Gasteiger partial charge in [0.2, 0.25) is 5.91 Å². The van der Waals surface area contributed by atoms with Crippen molar-refractivity contribution in [2.24, 2.45) is 0 Å².